The van der Waals surface area contributed by atoms with Crippen molar-refractivity contribution in [1.82, 2.24) is 14.5 Å². The Hall–Kier alpha value is -3.35. The molecular weight excluding hydrogens is 368 g/mol. The Morgan fingerprint density at radius 2 is 1.76 bits per heavy atom. The first-order valence-electron chi connectivity index (χ1n) is 9.88. The summed E-state index contributed by atoms with van der Waals surface area (Å²) in [5, 5.41) is 3.36. The molecule has 0 saturated heterocycles. The Bertz CT molecular complexity index is 1030. The summed E-state index contributed by atoms with van der Waals surface area (Å²) in [6, 6.07) is 12.9. The van der Waals surface area contributed by atoms with Crippen LogP contribution in [0.25, 0.3) is 11.3 Å². The van der Waals surface area contributed by atoms with Crippen molar-refractivity contribution in [2.45, 2.75) is 25.7 Å². The van der Waals surface area contributed by atoms with Crippen LogP contribution in [0.3, 0.4) is 0 Å². The van der Waals surface area contributed by atoms with Gasteiger partial charge in [0.1, 0.15) is 17.3 Å². The maximum absolute atomic E-state index is 11.7. The molecule has 1 aromatic carbocycles. The maximum atomic E-state index is 11.7. The van der Waals surface area contributed by atoms with Crippen molar-refractivity contribution >= 4 is 5.82 Å². The Balaban J connectivity index is 1.69. The number of anilines is 1. The minimum Gasteiger partial charge on any atom is -0.494 e. The van der Waals surface area contributed by atoms with Crippen molar-refractivity contribution in [2.24, 2.45) is 7.05 Å². The molecule has 3 aromatic rings. The predicted molar refractivity (Wildman–Crippen MR) is 112 cm³/mol. The van der Waals surface area contributed by atoms with Crippen molar-refractivity contribution in [3.63, 3.8) is 0 Å². The quantitative estimate of drug-likeness (QED) is 0.674. The van der Waals surface area contributed by atoms with Crippen molar-refractivity contribution in [1.29, 1.82) is 0 Å². The standard InChI is InChI=1S/C22H24N4O3/c1-26-15-16(6-11-21(26)27)19-14-20-23-12-4-2-3-5-13-28-17-7-9-18(10-8-17)29-22(24-19)25-20/h6-11,14-15H,2-5,12-13H2,1H3,(H,23,24,25). The summed E-state index contributed by atoms with van der Waals surface area (Å²) in [6.45, 7) is 1.54. The lowest BCUT2D eigenvalue weighted by Crippen LogP contribution is -2.14. The molecule has 0 aliphatic carbocycles. The number of fused-ring (bicyclic) bond motifs is 9. The van der Waals surface area contributed by atoms with Crippen LogP contribution < -0.4 is 20.3 Å². The number of nitrogens with one attached hydrogen (secondary N) is 1. The Kier molecular flexibility index (Phi) is 5.74. The zero-order valence-corrected chi connectivity index (χ0v) is 16.4. The fraction of sp³-hybridized carbons (Fsp3) is 0.318. The molecule has 4 bridgehead atoms. The van der Waals surface area contributed by atoms with Gasteiger partial charge in [-0.3, -0.25) is 4.79 Å². The highest BCUT2D eigenvalue weighted by molar-refractivity contribution is 5.62. The zero-order chi connectivity index (χ0) is 20.1. The zero-order valence-electron chi connectivity index (χ0n) is 16.4. The summed E-state index contributed by atoms with van der Waals surface area (Å²) in [5.41, 5.74) is 1.44. The molecule has 0 fully saturated rings. The Labute approximate surface area is 169 Å². The molecule has 5 rings (SSSR count). The second-order valence-electron chi connectivity index (χ2n) is 7.05. The van der Waals surface area contributed by atoms with Gasteiger partial charge in [-0.2, -0.15) is 9.97 Å². The third-order valence-electron chi connectivity index (χ3n) is 4.77. The van der Waals surface area contributed by atoms with E-state index in [9.17, 15) is 4.79 Å². The average molecular weight is 392 g/mol. The number of nitrogens with zero attached hydrogens (tertiary/aromatic N) is 3. The van der Waals surface area contributed by atoms with Crippen LogP contribution in [0.5, 0.6) is 17.5 Å². The van der Waals surface area contributed by atoms with Crippen molar-refractivity contribution in [3.05, 3.63) is 59.0 Å². The molecule has 2 aliphatic heterocycles. The average Bonchev–Trinajstić information content (AvgIpc) is 2.72. The molecule has 150 valence electrons. The van der Waals surface area contributed by atoms with E-state index in [1.54, 1.807) is 19.3 Å². The number of aryl methyl sites for hydroxylation is 1. The van der Waals surface area contributed by atoms with Crippen LogP contribution in [0, 0.1) is 0 Å². The molecule has 4 heterocycles. The summed E-state index contributed by atoms with van der Waals surface area (Å²) < 4.78 is 13.2. The van der Waals surface area contributed by atoms with E-state index < -0.39 is 0 Å². The third-order valence-corrected chi connectivity index (χ3v) is 4.77. The molecule has 0 saturated carbocycles. The van der Waals surface area contributed by atoms with Crippen LogP contribution in [0.15, 0.2) is 53.5 Å². The normalized spacial score (nSPS) is 14.5. The first-order chi connectivity index (χ1) is 14.2. The summed E-state index contributed by atoms with van der Waals surface area (Å²) in [4.78, 5) is 20.8. The number of rotatable bonds is 1. The maximum Gasteiger partial charge on any atom is 0.324 e. The van der Waals surface area contributed by atoms with E-state index in [0.29, 0.717) is 17.3 Å². The summed E-state index contributed by atoms with van der Waals surface area (Å²) >= 11 is 0. The van der Waals surface area contributed by atoms with Crippen LogP contribution in [-0.4, -0.2) is 27.7 Å². The number of aromatic nitrogens is 3. The van der Waals surface area contributed by atoms with Gasteiger partial charge < -0.3 is 19.4 Å². The second kappa shape index (κ2) is 8.77. The summed E-state index contributed by atoms with van der Waals surface area (Å²) in [7, 11) is 1.72. The Morgan fingerprint density at radius 1 is 0.966 bits per heavy atom. The van der Waals surface area contributed by atoms with Crippen molar-refractivity contribution < 1.29 is 9.47 Å². The minimum absolute atomic E-state index is 0.0682. The van der Waals surface area contributed by atoms with Crippen molar-refractivity contribution in [3.8, 4) is 28.8 Å². The number of pyridine rings is 1. The smallest absolute Gasteiger partial charge is 0.324 e. The SMILES string of the molecule is Cn1cc(-c2cc3nc(n2)Oc2ccc(cc2)OCCCCCCN3)ccc1=O. The molecule has 7 nitrogen and oxygen atoms in total. The number of hydrogen-bond acceptors (Lipinski definition) is 6. The second-order valence-corrected chi connectivity index (χ2v) is 7.05. The molecule has 2 aromatic heterocycles. The van der Waals surface area contributed by atoms with Crippen LogP contribution >= 0.6 is 0 Å². The van der Waals surface area contributed by atoms with Gasteiger partial charge in [0.2, 0.25) is 5.56 Å². The van der Waals surface area contributed by atoms with E-state index in [1.807, 2.05) is 30.3 Å². The van der Waals surface area contributed by atoms with Gasteiger partial charge in [0.05, 0.1) is 12.3 Å². The van der Waals surface area contributed by atoms with Gasteiger partial charge in [0.25, 0.3) is 0 Å². The highest BCUT2D eigenvalue weighted by Gasteiger charge is 2.10. The predicted octanol–water partition coefficient (Wildman–Crippen LogP) is 4.00. The molecule has 1 N–H and O–H groups in total. The van der Waals surface area contributed by atoms with Gasteiger partial charge >= 0.3 is 6.01 Å². The van der Waals surface area contributed by atoms with E-state index in [4.69, 9.17) is 9.47 Å². The van der Waals surface area contributed by atoms with Gasteiger partial charge in [-0.25, -0.2) is 0 Å². The van der Waals surface area contributed by atoms with Crippen LogP contribution in [-0.2, 0) is 7.05 Å². The molecule has 29 heavy (non-hydrogen) atoms. The minimum atomic E-state index is -0.0682. The van der Waals surface area contributed by atoms with E-state index in [0.717, 1.165) is 50.1 Å². The van der Waals surface area contributed by atoms with Crippen molar-refractivity contribution in [2.75, 3.05) is 18.5 Å². The lowest BCUT2D eigenvalue weighted by Gasteiger charge is -2.12. The largest absolute Gasteiger partial charge is 0.494 e. The van der Waals surface area contributed by atoms with Gasteiger partial charge in [-0.05, 0) is 43.2 Å². The van der Waals surface area contributed by atoms with E-state index in [2.05, 4.69) is 15.3 Å². The number of ether oxygens (including phenoxy) is 2. The molecule has 0 atom stereocenters. The molecule has 7 heteroatoms. The van der Waals surface area contributed by atoms with Crippen LogP contribution in [0.1, 0.15) is 25.7 Å². The Morgan fingerprint density at radius 3 is 2.59 bits per heavy atom. The summed E-state index contributed by atoms with van der Waals surface area (Å²) in [6.07, 6.45) is 6.09. The van der Waals surface area contributed by atoms with Crippen LogP contribution in [0.4, 0.5) is 5.82 Å². The lowest BCUT2D eigenvalue weighted by atomic mass is 10.2. The van der Waals surface area contributed by atoms with Gasteiger partial charge in [0.15, 0.2) is 0 Å². The third kappa shape index (κ3) is 4.93. The van der Waals surface area contributed by atoms with Gasteiger partial charge in [-0.15, -0.1) is 0 Å². The van der Waals surface area contributed by atoms with Gasteiger partial charge in [-0.1, -0.05) is 12.8 Å². The van der Waals surface area contributed by atoms with E-state index >= 15 is 0 Å². The highest BCUT2D eigenvalue weighted by Crippen LogP contribution is 2.26. The molecule has 0 radical (unpaired) electrons. The fourth-order valence-electron chi connectivity index (χ4n) is 3.15. The van der Waals surface area contributed by atoms with E-state index in [-0.39, 0.29) is 11.6 Å². The van der Waals surface area contributed by atoms with E-state index in [1.165, 1.54) is 10.6 Å². The molecule has 0 spiro atoms. The first kappa shape index (κ1) is 19.0. The molecule has 0 unspecified atom stereocenters. The molecule has 2 aliphatic rings. The monoisotopic (exact) mass is 392 g/mol. The fourth-order valence-corrected chi connectivity index (χ4v) is 3.15. The molecule has 0 amide bonds. The van der Waals surface area contributed by atoms with Crippen LogP contribution in [0.2, 0.25) is 0 Å². The lowest BCUT2D eigenvalue weighted by molar-refractivity contribution is 0.304. The summed E-state index contributed by atoms with van der Waals surface area (Å²) in [5.74, 6) is 2.16. The number of benzene rings is 1. The molecular formula is C22H24N4O3. The topological polar surface area (TPSA) is 78.3 Å². The first-order valence-corrected chi connectivity index (χ1v) is 9.88. The van der Waals surface area contributed by atoms with Gasteiger partial charge in [0, 0.05) is 37.5 Å². The number of hydrogen-bond donors (Lipinski definition) is 1. The highest BCUT2D eigenvalue weighted by atomic mass is 16.5.